The summed E-state index contributed by atoms with van der Waals surface area (Å²) < 4.78 is 1.66. The first-order valence-corrected chi connectivity index (χ1v) is 7.40. The number of likely N-dealkylation sites (N-methyl/N-ethyl adjacent to an activating group) is 1. The van der Waals surface area contributed by atoms with Gasteiger partial charge in [-0.05, 0) is 7.05 Å². The van der Waals surface area contributed by atoms with Crippen molar-refractivity contribution in [3.05, 3.63) is 17.6 Å². The first-order chi connectivity index (χ1) is 10.5. The van der Waals surface area contributed by atoms with Crippen LogP contribution in [0.3, 0.4) is 0 Å². The summed E-state index contributed by atoms with van der Waals surface area (Å²) in [5.41, 5.74) is 0.00383. The molecule has 1 aliphatic rings. The second kappa shape index (κ2) is 5.53. The number of aromatic nitrogens is 4. The minimum absolute atomic E-state index is 0.00383. The third-order valence-corrected chi connectivity index (χ3v) is 3.87. The van der Waals surface area contributed by atoms with Gasteiger partial charge in [0, 0.05) is 38.2 Å². The Hall–Kier alpha value is -2.22. The van der Waals surface area contributed by atoms with Gasteiger partial charge in [0.05, 0.1) is 0 Å². The first kappa shape index (κ1) is 14.7. The van der Waals surface area contributed by atoms with Gasteiger partial charge in [-0.2, -0.15) is 9.50 Å². The van der Waals surface area contributed by atoms with Gasteiger partial charge in [-0.1, -0.05) is 13.8 Å². The summed E-state index contributed by atoms with van der Waals surface area (Å²) >= 11 is 0. The quantitative estimate of drug-likeness (QED) is 0.893. The number of aromatic carboxylic acids is 1. The maximum Gasteiger partial charge on any atom is 0.354 e. The molecule has 22 heavy (non-hydrogen) atoms. The minimum atomic E-state index is -1.05. The van der Waals surface area contributed by atoms with Crippen molar-refractivity contribution in [1.29, 1.82) is 0 Å². The Balaban J connectivity index is 2.11. The highest BCUT2D eigenvalue weighted by molar-refractivity contribution is 5.87. The van der Waals surface area contributed by atoms with Crippen molar-refractivity contribution in [2.24, 2.45) is 0 Å². The van der Waals surface area contributed by atoms with E-state index in [2.05, 4.69) is 31.9 Å². The number of nitrogens with zero attached hydrogens (tertiary/aromatic N) is 6. The number of carboxylic acid groups (broad SMARTS) is 1. The van der Waals surface area contributed by atoms with Crippen LogP contribution in [0.15, 0.2) is 6.07 Å². The van der Waals surface area contributed by atoms with Crippen molar-refractivity contribution < 1.29 is 9.90 Å². The molecule has 118 valence electrons. The normalized spacial score (nSPS) is 16.6. The molecule has 0 aliphatic carbocycles. The van der Waals surface area contributed by atoms with E-state index in [1.807, 2.05) is 13.8 Å². The fourth-order valence-electron chi connectivity index (χ4n) is 2.48. The van der Waals surface area contributed by atoms with E-state index in [0.717, 1.165) is 32.0 Å². The number of rotatable bonds is 3. The zero-order valence-corrected chi connectivity index (χ0v) is 13.0. The van der Waals surface area contributed by atoms with Crippen molar-refractivity contribution >= 4 is 17.6 Å². The third kappa shape index (κ3) is 2.61. The molecule has 8 nitrogen and oxygen atoms in total. The molecule has 0 saturated carbocycles. The second-order valence-electron chi connectivity index (χ2n) is 5.93. The monoisotopic (exact) mass is 304 g/mol. The number of fused-ring (bicyclic) bond motifs is 1. The van der Waals surface area contributed by atoms with Gasteiger partial charge in [0.2, 0.25) is 0 Å². The summed E-state index contributed by atoms with van der Waals surface area (Å²) in [6.45, 7) is 7.51. The van der Waals surface area contributed by atoms with Gasteiger partial charge in [0.25, 0.3) is 5.78 Å². The summed E-state index contributed by atoms with van der Waals surface area (Å²) in [5, 5.41) is 13.8. The standard InChI is InChI=1S/C14H20N6O2/c1-9(2)12-16-14-15-10(13(21)22)8-11(20(14)17-12)19-6-4-18(3)5-7-19/h8-9H,4-7H2,1-3H3,(H,21,22). The van der Waals surface area contributed by atoms with E-state index in [0.29, 0.717) is 11.6 Å². The molecule has 0 bridgehead atoms. The number of anilines is 1. The Bertz CT molecular complexity index is 703. The predicted molar refractivity (Wildman–Crippen MR) is 81.5 cm³/mol. The van der Waals surface area contributed by atoms with E-state index < -0.39 is 5.97 Å². The highest BCUT2D eigenvalue weighted by Gasteiger charge is 2.22. The highest BCUT2D eigenvalue weighted by atomic mass is 16.4. The van der Waals surface area contributed by atoms with Crippen LogP contribution in [0.25, 0.3) is 5.78 Å². The third-order valence-electron chi connectivity index (χ3n) is 3.87. The second-order valence-corrected chi connectivity index (χ2v) is 5.93. The molecular formula is C14H20N6O2. The molecule has 1 saturated heterocycles. The van der Waals surface area contributed by atoms with Crippen LogP contribution < -0.4 is 4.90 Å². The van der Waals surface area contributed by atoms with E-state index in [9.17, 15) is 9.90 Å². The van der Waals surface area contributed by atoms with Crippen LogP contribution in [0.2, 0.25) is 0 Å². The topological polar surface area (TPSA) is 86.9 Å². The lowest BCUT2D eigenvalue weighted by Crippen LogP contribution is -2.45. The molecule has 8 heteroatoms. The van der Waals surface area contributed by atoms with Crippen molar-refractivity contribution in [2.45, 2.75) is 19.8 Å². The molecule has 0 spiro atoms. The van der Waals surface area contributed by atoms with Gasteiger partial charge in [0.1, 0.15) is 5.82 Å². The van der Waals surface area contributed by atoms with Gasteiger partial charge < -0.3 is 14.9 Å². The summed E-state index contributed by atoms with van der Waals surface area (Å²) in [7, 11) is 2.08. The Kier molecular flexibility index (Phi) is 3.69. The lowest BCUT2D eigenvalue weighted by Gasteiger charge is -2.33. The van der Waals surface area contributed by atoms with Gasteiger partial charge in [0.15, 0.2) is 11.5 Å². The van der Waals surface area contributed by atoms with Crippen LogP contribution in [-0.4, -0.2) is 68.8 Å². The Morgan fingerprint density at radius 2 is 1.91 bits per heavy atom. The molecule has 0 amide bonds. The number of hydrogen-bond acceptors (Lipinski definition) is 6. The van der Waals surface area contributed by atoms with Crippen LogP contribution >= 0.6 is 0 Å². The smallest absolute Gasteiger partial charge is 0.354 e. The Morgan fingerprint density at radius 1 is 1.23 bits per heavy atom. The minimum Gasteiger partial charge on any atom is -0.477 e. The molecule has 0 aromatic carbocycles. The van der Waals surface area contributed by atoms with Crippen molar-refractivity contribution in [2.75, 3.05) is 38.1 Å². The van der Waals surface area contributed by atoms with Gasteiger partial charge in [-0.15, -0.1) is 5.10 Å². The largest absolute Gasteiger partial charge is 0.477 e. The lowest BCUT2D eigenvalue weighted by molar-refractivity contribution is 0.0690. The molecule has 3 rings (SSSR count). The van der Waals surface area contributed by atoms with E-state index in [-0.39, 0.29) is 11.6 Å². The first-order valence-electron chi connectivity index (χ1n) is 7.40. The summed E-state index contributed by atoms with van der Waals surface area (Å²) in [4.78, 5) is 24.2. The lowest BCUT2D eigenvalue weighted by atomic mass is 10.2. The van der Waals surface area contributed by atoms with Crippen LogP contribution in [0.4, 0.5) is 5.82 Å². The van der Waals surface area contributed by atoms with E-state index in [1.54, 1.807) is 10.6 Å². The van der Waals surface area contributed by atoms with Crippen molar-refractivity contribution in [1.82, 2.24) is 24.5 Å². The number of carboxylic acids is 1. The van der Waals surface area contributed by atoms with E-state index in [1.165, 1.54) is 0 Å². The number of hydrogen-bond donors (Lipinski definition) is 1. The molecule has 1 fully saturated rings. The maximum atomic E-state index is 11.3. The molecule has 0 unspecified atom stereocenters. The molecule has 2 aromatic rings. The Morgan fingerprint density at radius 3 is 2.50 bits per heavy atom. The number of piperazine rings is 1. The molecule has 1 N–H and O–H groups in total. The zero-order chi connectivity index (χ0) is 15.9. The van der Waals surface area contributed by atoms with E-state index in [4.69, 9.17) is 0 Å². The molecule has 1 aliphatic heterocycles. The average Bonchev–Trinajstić information content (AvgIpc) is 2.91. The SMILES string of the molecule is CC(C)c1nc2nc(C(=O)O)cc(N3CCN(C)CC3)n2n1. The molecular weight excluding hydrogens is 284 g/mol. The highest BCUT2D eigenvalue weighted by Crippen LogP contribution is 2.20. The van der Waals surface area contributed by atoms with Crippen LogP contribution in [0.1, 0.15) is 36.1 Å². The predicted octanol–water partition coefficient (Wildman–Crippen LogP) is 0.698. The molecule has 0 atom stereocenters. The summed E-state index contributed by atoms with van der Waals surface area (Å²) in [5.74, 6) is 0.875. The van der Waals surface area contributed by atoms with Crippen molar-refractivity contribution in [3.63, 3.8) is 0 Å². The maximum absolute atomic E-state index is 11.3. The van der Waals surface area contributed by atoms with Crippen LogP contribution in [0.5, 0.6) is 0 Å². The van der Waals surface area contributed by atoms with Crippen LogP contribution in [-0.2, 0) is 0 Å². The fraction of sp³-hybridized carbons (Fsp3) is 0.571. The fourth-order valence-corrected chi connectivity index (χ4v) is 2.48. The summed E-state index contributed by atoms with van der Waals surface area (Å²) in [6, 6.07) is 1.58. The van der Waals surface area contributed by atoms with Gasteiger partial charge in [-0.3, -0.25) is 0 Å². The molecule has 0 radical (unpaired) electrons. The average molecular weight is 304 g/mol. The zero-order valence-electron chi connectivity index (χ0n) is 13.0. The van der Waals surface area contributed by atoms with E-state index >= 15 is 0 Å². The van der Waals surface area contributed by atoms with Crippen LogP contribution in [0, 0.1) is 0 Å². The summed E-state index contributed by atoms with van der Waals surface area (Å²) in [6.07, 6.45) is 0. The number of carbonyl (C=O) groups is 1. The molecule has 3 heterocycles. The van der Waals surface area contributed by atoms with Gasteiger partial charge >= 0.3 is 5.97 Å². The van der Waals surface area contributed by atoms with Crippen molar-refractivity contribution in [3.8, 4) is 0 Å². The Labute approximate surface area is 128 Å². The molecule has 2 aromatic heterocycles. The van der Waals surface area contributed by atoms with Gasteiger partial charge in [-0.25, -0.2) is 9.78 Å².